The first-order valence-corrected chi connectivity index (χ1v) is 7.31. The first kappa shape index (κ1) is 12.5. The number of primary sulfonamides is 1. The third-order valence-electron chi connectivity index (χ3n) is 3.15. The van der Waals surface area contributed by atoms with Crippen LogP contribution >= 0.6 is 0 Å². The maximum atomic E-state index is 11.0. The first-order chi connectivity index (χ1) is 7.97. The van der Waals surface area contributed by atoms with Crippen LogP contribution in [0.25, 0.3) is 0 Å². The van der Waals surface area contributed by atoms with Gasteiger partial charge in [-0.25, -0.2) is 13.6 Å². The van der Waals surface area contributed by atoms with Crippen molar-refractivity contribution in [2.45, 2.75) is 36.7 Å². The fourth-order valence-corrected chi connectivity index (χ4v) is 2.39. The summed E-state index contributed by atoms with van der Waals surface area (Å²) in [7, 11) is -3.60. The lowest BCUT2D eigenvalue weighted by Crippen LogP contribution is -2.12. The summed E-state index contributed by atoms with van der Waals surface area (Å²) in [5.74, 6) is 0.485. The average molecular weight is 255 g/mol. The van der Waals surface area contributed by atoms with Crippen molar-refractivity contribution in [3.63, 3.8) is 0 Å². The third kappa shape index (κ3) is 3.52. The molecule has 94 valence electrons. The Balaban J connectivity index is 1.93. The molecule has 1 aromatic carbocycles. The predicted molar refractivity (Wildman–Crippen MR) is 64.9 cm³/mol. The zero-order valence-corrected chi connectivity index (χ0v) is 10.4. The van der Waals surface area contributed by atoms with Gasteiger partial charge in [0, 0.05) is 0 Å². The highest BCUT2D eigenvalue weighted by Gasteiger charge is 2.29. The van der Waals surface area contributed by atoms with Crippen molar-refractivity contribution >= 4 is 10.0 Å². The fraction of sp³-hybridized carbons (Fsp3) is 0.500. The molecule has 1 unspecified atom stereocenters. The van der Waals surface area contributed by atoms with Gasteiger partial charge in [-0.1, -0.05) is 12.1 Å². The van der Waals surface area contributed by atoms with Crippen LogP contribution in [0.15, 0.2) is 29.2 Å². The molecule has 2 rings (SSSR count). The van der Waals surface area contributed by atoms with Gasteiger partial charge in [0.25, 0.3) is 0 Å². The fourth-order valence-electron chi connectivity index (χ4n) is 1.88. The average Bonchev–Trinajstić information content (AvgIpc) is 3.09. The highest BCUT2D eigenvalue weighted by Crippen LogP contribution is 2.34. The standard InChI is InChI=1S/C12H17NO3S/c13-17(15,16)11-6-1-9(2-7-11)3-8-12(14)10-4-5-10/h1-2,6-7,10,12,14H,3-5,8H2,(H2,13,15,16). The molecule has 0 aliphatic heterocycles. The monoisotopic (exact) mass is 255 g/mol. The predicted octanol–water partition coefficient (Wildman–Crippen LogP) is 1.04. The molecule has 1 saturated carbocycles. The van der Waals surface area contributed by atoms with E-state index in [2.05, 4.69) is 0 Å². The molecule has 1 aromatic rings. The molecular formula is C12H17NO3S. The van der Waals surface area contributed by atoms with Crippen LogP contribution in [0.2, 0.25) is 0 Å². The molecule has 3 N–H and O–H groups in total. The maximum absolute atomic E-state index is 11.0. The second kappa shape index (κ2) is 4.76. The van der Waals surface area contributed by atoms with Crippen LogP contribution in [0.4, 0.5) is 0 Å². The second-order valence-electron chi connectivity index (χ2n) is 4.63. The number of sulfonamides is 1. The van der Waals surface area contributed by atoms with E-state index in [4.69, 9.17) is 5.14 Å². The van der Waals surface area contributed by atoms with Crippen LogP contribution in [0.1, 0.15) is 24.8 Å². The minimum atomic E-state index is -3.60. The number of hydrogen-bond donors (Lipinski definition) is 2. The first-order valence-electron chi connectivity index (χ1n) is 5.76. The Labute approximate surface area is 102 Å². The van der Waals surface area contributed by atoms with Gasteiger partial charge in [0.1, 0.15) is 0 Å². The van der Waals surface area contributed by atoms with Crippen LogP contribution in [-0.2, 0) is 16.4 Å². The number of rotatable bonds is 5. The molecule has 1 aliphatic carbocycles. The topological polar surface area (TPSA) is 80.4 Å². The SMILES string of the molecule is NS(=O)(=O)c1ccc(CCC(O)C2CC2)cc1. The van der Waals surface area contributed by atoms with E-state index < -0.39 is 10.0 Å². The molecule has 1 aliphatic rings. The zero-order valence-electron chi connectivity index (χ0n) is 9.54. The van der Waals surface area contributed by atoms with E-state index in [1.54, 1.807) is 12.1 Å². The van der Waals surface area contributed by atoms with Gasteiger partial charge < -0.3 is 5.11 Å². The molecule has 17 heavy (non-hydrogen) atoms. The van der Waals surface area contributed by atoms with E-state index in [9.17, 15) is 13.5 Å². The summed E-state index contributed by atoms with van der Waals surface area (Å²) >= 11 is 0. The molecule has 0 heterocycles. The molecule has 0 spiro atoms. The van der Waals surface area contributed by atoms with Gasteiger partial charge in [0.15, 0.2) is 0 Å². The lowest BCUT2D eigenvalue weighted by Gasteiger charge is -2.08. The van der Waals surface area contributed by atoms with Crippen LogP contribution in [0, 0.1) is 5.92 Å². The molecule has 1 fully saturated rings. The Morgan fingerprint density at radius 3 is 2.35 bits per heavy atom. The minimum absolute atomic E-state index is 0.129. The van der Waals surface area contributed by atoms with Gasteiger partial charge in [0.05, 0.1) is 11.0 Å². The van der Waals surface area contributed by atoms with E-state index in [1.807, 2.05) is 0 Å². The van der Waals surface area contributed by atoms with Crippen molar-refractivity contribution in [3.8, 4) is 0 Å². The van der Waals surface area contributed by atoms with Gasteiger partial charge in [-0.3, -0.25) is 0 Å². The number of hydrogen-bond acceptors (Lipinski definition) is 3. The highest BCUT2D eigenvalue weighted by molar-refractivity contribution is 7.89. The van der Waals surface area contributed by atoms with Crippen molar-refractivity contribution in [2.75, 3.05) is 0 Å². The summed E-state index contributed by atoms with van der Waals surface area (Å²) in [6.45, 7) is 0. The minimum Gasteiger partial charge on any atom is -0.393 e. The third-order valence-corrected chi connectivity index (χ3v) is 4.08. The van der Waals surface area contributed by atoms with Crippen LogP contribution in [0.5, 0.6) is 0 Å². The number of aliphatic hydroxyl groups is 1. The largest absolute Gasteiger partial charge is 0.393 e. The molecular weight excluding hydrogens is 238 g/mol. The summed E-state index contributed by atoms with van der Waals surface area (Å²) in [4.78, 5) is 0.129. The number of benzene rings is 1. The van der Waals surface area contributed by atoms with Crippen molar-refractivity contribution in [2.24, 2.45) is 11.1 Å². The zero-order chi connectivity index (χ0) is 12.5. The van der Waals surface area contributed by atoms with Gasteiger partial charge in [-0.15, -0.1) is 0 Å². The van der Waals surface area contributed by atoms with Crippen molar-refractivity contribution < 1.29 is 13.5 Å². The second-order valence-corrected chi connectivity index (χ2v) is 6.19. The maximum Gasteiger partial charge on any atom is 0.238 e. The lowest BCUT2D eigenvalue weighted by molar-refractivity contribution is 0.142. The Morgan fingerprint density at radius 1 is 1.29 bits per heavy atom. The quantitative estimate of drug-likeness (QED) is 0.825. The van der Waals surface area contributed by atoms with Crippen molar-refractivity contribution in [1.29, 1.82) is 0 Å². The summed E-state index contributed by atoms with van der Waals surface area (Å²) in [5, 5.41) is 14.7. The van der Waals surface area contributed by atoms with E-state index in [0.29, 0.717) is 5.92 Å². The summed E-state index contributed by atoms with van der Waals surface area (Å²) < 4.78 is 22.1. The van der Waals surface area contributed by atoms with Crippen molar-refractivity contribution in [1.82, 2.24) is 0 Å². The number of nitrogens with two attached hydrogens (primary N) is 1. The molecule has 0 aromatic heterocycles. The molecule has 0 amide bonds. The highest BCUT2D eigenvalue weighted by atomic mass is 32.2. The van der Waals surface area contributed by atoms with E-state index >= 15 is 0 Å². The van der Waals surface area contributed by atoms with E-state index in [0.717, 1.165) is 31.2 Å². The Kier molecular flexibility index (Phi) is 3.51. The summed E-state index contributed by atoms with van der Waals surface area (Å²) in [5.41, 5.74) is 1.03. The number of aryl methyl sites for hydroxylation is 1. The Hall–Kier alpha value is -0.910. The Bertz CT molecular complexity index is 477. The van der Waals surface area contributed by atoms with Crippen LogP contribution < -0.4 is 5.14 Å². The van der Waals surface area contributed by atoms with Gasteiger partial charge >= 0.3 is 0 Å². The van der Waals surface area contributed by atoms with E-state index in [-0.39, 0.29) is 11.0 Å². The van der Waals surface area contributed by atoms with Gasteiger partial charge in [-0.05, 0) is 49.3 Å². The summed E-state index contributed by atoms with van der Waals surface area (Å²) in [6, 6.07) is 6.51. The van der Waals surface area contributed by atoms with Gasteiger partial charge in [-0.2, -0.15) is 0 Å². The molecule has 0 radical (unpaired) electrons. The molecule has 0 bridgehead atoms. The molecule has 1 atom stereocenters. The number of aliphatic hydroxyl groups excluding tert-OH is 1. The van der Waals surface area contributed by atoms with E-state index in [1.165, 1.54) is 12.1 Å². The van der Waals surface area contributed by atoms with Crippen LogP contribution in [-0.4, -0.2) is 19.6 Å². The summed E-state index contributed by atoms with van der Waals surface area (Å²) in [6.07, 6.45) is 3.55. The van der Waals surface area contributed by atoms with Crippen LogP contribution in [0.3, 0.4) is 0 Å². The Morgan fingerprint density at radius 2 is 1.88 bits per heavy atom. The normalized spacial score (nSPS) is 18.0. The van der Waals surface area contributed by atoms with Gasteiger partial charge in [0.2, 0.25) is 10.0 Å². The lowest BCUT2D eigenvalue weighted by atomic mass is 10.0. The molecule has 0 saturated heterocycles. The van der Waals surface area contributed by atoms with Crippen molar-refractivity contribution in [3.05, 3.63) is 29.8 Å². The smallest absolute Gasteiger partial charge is 0.238 e. The molecule has 4 nitrogen and oxygen atoms in total. The molecule has 5 heteroatoms.